The number of aliphatic imine (C=N–C) groups is 1. The zero-order valence-electron chi connectivity index (χ0n) is 15.3. The standard InChI is InChI=1S/C16H31N7.HI/c1-5-22-8-10-23(11-9-22)14(2)12-18-16(17-3)19-13-15-6-7-20-21(15)4;/h6-7,14H,5,8-13H2,1-4H3,(H2,17,18,19);1H. The van der Waals surface area contributed by atoms with Gasteiger partial charge in [-0.15, -0.1) is 24.0 Å². The molecule has 0 amide bonds. The van der Waals surface area contributed by atoms with Crippen LogP contribution < -0.4 is 10.6 Å². The van der Waals surface area contributed by atoms with Gasteiger partial charge in [0, 0.05) is 59.1 Å². The molecule has 2 N–H and O–H groups in total. The lowest BCUT2D eigenvalue weighted by Gasteiger charge is -2.37. The maximum Gasteiger partial charge on any atom is 0.191 e. The van der Waals surface area contributed by atoms with Gasteiger partial charge in [0.1, 0.15) is 0 Å². The smallest absolute Gasteiger partial charge is 0.191 e. The van der Waals surface area contributed by atoms with E-state index in [0.29, 0.717) is 6.04 Å². The second kappa shape index (κ2) is 10.9. The van der Waals surface area contributed by atoms with Gasteiger partial charge in [0.05, 0.1) is 12.2 Å². The van der Waals surface area contributed by atoms with Crippen molar-refractivity contribution < 1.29 is 0 Å². The Morgan fingerprint density at radius 3 is 2.54 bits per heavy atom. The summed E-state index contributed by atoms with van der Waals surface area (Å²) in [5.41, 5.74) is 1.14. The molecule has 24 heavy (non-hydrogen) atoms. The second-order valence-electron chi connectivity index (χ2n) is 6.07. The zero-order valence-corrected chi connectivity index (χ0v) is 17.7. The van der Waals surface area contributed by atoms with Gasteiger partial charge in [-0.3, -0.25) is 14.6 Å². The summed E-state index contributed by atoms with van der Waals surface area (Å²) in [6.07, 6.45) is 1.81. The third kappa shape index (κ3) is 6.21. The molecule has 1 aromatic rings. The van der Waals surface area contributed by atoms with Crippen molar-refractivity contribution in [1.29, 1.82) is 0 Å². The van der Waals surface area contributed by atoms with E-state index < -0.39 is 0 Å². The summed E-state index contributed by atoms with van der Waals surface area (Å²) < 4.78 is 1.87. The number of hydrogen-bond donors (Lipinski definition) is 2. The highest BCUT2D eigenvalue weighted by molar-refractivity contribution is 14.0. The fraction of sp³-hybridized carbons (Fsp3) is 0.750. The van der Waals surface area contributed by atoms with E-state index in [1.807, 2.05) is 31.0 Å². The maximum absolute atomic E-state index is 4.30. The van der Waals surface area contributed by atoms with Crippen LogP contribution in [-0.4, -0.2) is 77.9 Å². The first-order chi connectivity index (χ1) is 11.1. The average molecular weight is 449 g/mol. The Morgan fingerprint density at radius 1 is 1.29 bits per heavy atom. The number of nitrogens with one attached hydrogen (secondary N) is 2. The molecule has 1 fully saturated rings. The van der Waals surface area contributed by atoms with Crippen LogP contribution in [0, 0.1) is 0 Å². The first-order valence-corrected chi connectivity index (χ1v) is 8.51. The first-order valence-electron chi connectivity index (χ1n) is 8.51. The van der Waals surface area contributed by atoms with Gasteiger partial charge in [-0.2, -0.15) is 5.10 Å². The van der Waals surface area contributed by atoms with Crippen molar-refractivity contribution in [1.82, 2.24) is 30.2 Å². The van der Waals surface area contributed by atoms with Crippen LogP contribution in [0.2, 0.25) is 0 Å². The predicted molar refractivity (Wildman–Crippen MR) is 110 cm³/mol. The number of aromatic nitrogens is 2. The van der Waals surface area contributed by atoms with E-state index in [1.54, 1.807) is 0 Å². The quantitative estimate of drug-likeness (QED) is 0.381. The minimum Gasteiger partial charge on any atom is -0.355 e. The topological polar surface area (TPSA) is 60.7 Å². The number of rotatable bonds is 6. The third-order valence-electron chi connectivity index (χ3n) is 4.63. The Morgan fingerprint density at radius 2 is 2.00 bits per heavy atom. The highest BCUT2D eigenvalue weighted by atomic mass is 127. The Labute approximate surface area is 162 Å². The molecule has 0 aromatic carbocycles. The molecule has 0 spiro atoms. The molecule has 1 saturated heterocycles. The van der Waals surface area contributed by atoms with Crippen LogP contribution in [0.25, 0.3) is 0 Å². The summed E-state index contributed by atoms with van der Waals surface area (Å²) in [5, 5.41) is 10.9. The van der Waals surface area contributed by atoms with Gasteiger partial charge >= 0.3 is 0 Å². The lowest BCUT2D eigenvalue weighted by molar-refractivity contribution is 0.107. The van der Waals surface area contributed by atoms with Crippen molar-refractivity contribution in [3.8, 4) is 0 Å². The summed E-state index contributed by atoms with van der Waals surface area (Å²) in [7, 11) is 3.76. The summed E-state index contributed by atoms with van der Waals surface area (Å²) in [5.74, 6) is 0.838. The number of hydrogen-bond acceptors (Lipinski definition) is 4. The van der Waals surface area contributed by atoms with Crippen LogP contribution in [0.4, 0.5) is 0 Å². The SMILES string of the molecule is CCN1CCN(C(C)CNC(=NC)NCc2ccnn2C)CC1.I. The van der Waals surface area contributed by atoms with Crippen molar-refractivity contribution in [2.24, 2.45) is 12.0 Å². The fourth-order valence-electron chi connectivity index (χ4n) is 2.86. The Balaban J connectivity index is 0.00000288. The Bertz CT molecular complexity index is 494. The summed E-state index contributed by atoms with van der Waals surface area (Å²) in [6.45, 7) is 11.9. The molecule has 8 heteroatoms. The van der Waals surface area contributed by atoms with Gasteiger partial charge in [-0.1, -0.05) is 6.92 Å². The monoisotopic (exact) mass is 449 g/mol. The molecule has 1 atom stereocenters. The highest BCUT2D eigenvalue weighted by Crippen LogP contribution is 2.05. The lowest BCUT2D eigenvalue weighted by Crippen LogP contribution is -2.53. The highest BCUT2D eigenvalue weighted by Gasteiger charge is 2.20. The third-order valence-corrected chi connectivity index (χ3v) is 4.63. The van der Waals surface area contributed by atoms with Gasteiger partial charge in [-0.05, 0) is 19.5 Å². The molecular formula is C16H32IN7. The average Bonchev–Trinajstić information content (AvgIpc) is 3.00. The molecule has 1 aliphatic heterocycles. The van der Waals surface area contributed by atoms with Gasteiger partial charge in [-0.25, -0.2) is 0 Å². The minimum absolute atomic E-state index is 0. The van der Waals surface area contributed by atoms with Crippen molar-refractivity contribution in [3.05, 3.63) is 18.0 Å². The summed E-state index contributed by atoms with van der Waals surface area (Å²) in [6, 6.07) is 2.51. The number of guanidine groups is 1. The molecule has 7 nitrogen and oxygen atoms in total. The zero-order chi connectivity index (χ0) is 16.7. The number of aryl methyl sites for hydroxylation is 1. The van der Waals surface area contributed by atoms with Crippen LogP contribution in [0.1, 0.15) is 19.5 Å². The normalized spacial score (nSPS) is 18.1. The molecule has 0 bridgehead atoms. The molecule has 0 radical (unpaired) electrons. The molecule has 1 aromatic heterocycles. The minimum atomic E-state index is 0. The second-order valence-corrected chi connectivity index (χ2v) is 6.07. The van der Waals surface area contributed by atoms with Crippen LogP contribution in [0.3, 0.4) is 0 Å². The number of piperazine rings is 1. The van der Waals surface area contributed by atoms with Crippen LogP contribution in [0.15, 0.2) is 17.3 Å². The molecule has 0 aliphatic carbocycles. The molecule has 0 saturated carbocycles. The van der Waals surface area contributed by atoms with E-state index in [1.165, 1.54) is 13.1 Å². The van der Waals surface area contributed by atoms with E-state index in [2.05, 4.69) is 44.4 Å². The number of nitrogens with zero attached hydrogens (tertiary/aromatic N) is 5. The van der Waals surface area contributed by atoms with Gasteiger partial charge in [0.25, 0.3) is 0 Å². The lowest BCUT2D eigenvalue weighted by atomic mass is 10.2. The van der Waals surface area contributed by atoms with E-state index in [4.69, 9.17) is 0 Å². The van der Waals surface area contributed by atoms with Gasteiger partial charge in [0.2, 0.25) is 0 Å². The Kier molecular flexibility index (Phi) is 9.60. The van der Waals surface area contributed by atoms with Crippen molar-refractivity contribution in [2.75, 3.05) is 46.3 Å². The molecule has 1 unspecified atom stereocenters. The molecule has 2 heterocycles. The van der Waals surface area contributed by atoms with Crippen molar-refractivity contribution in [3.63, 3.8) is 0 Å². The first kappa shape index (κ1) is 21.2. The van der Waals surface area contributed by atoms with E-state index >= 15 is 0 Å². The molecule has 138 valence electrons. The van der Waals surface area contributed by atoms with Crippen LogP contribution in [0.5, 0.6) is 0 Å². The van der Waals surface area contributed by atoms with Gasteiger partial charge in [0.15, 0.2) is 5.96 Å². The molecule has 1 aliphatic rings. The largest absolute Gasteiger partial charge is 0.355 e. The number of likely N-dealkylation sites (N-methyl/N-ethyl adjacent to an activating group) is 1. The fourth-order valence-corrected chi connectivity index (χ4v) is 2.86. The molecular weight excluding hydrogens is 417 g/mol. The maximum atomic E-state index is 4.30. The van der Waals surface area contributed by atoms with E-state index in [-0.39, 0.29) is 24.0 Å². The van der Waals surface area contributed by atoms with Crippen molar-refractivity contribution in [2.45, 2.75) is 26.4 Å². The summed E-state index contributed by atoms with van der Waals surface area (Å²) in [4.78, 5) is 9.35. The van der Waals surface area contributed by atoms with Crippen molar-refractivity contribution >= 4 is 29.9 Å². The molecule has 2 rings (SSSR count). The summed E-state index contributed by atoms with van der Waals surface area (Å²) >= 11 is 0. The van der Waals surface area contributed by atoms with E-state index in [9.17, 15) is 0 Å². The van der Waals surface area contributed by atoms with E-state index in [0.717, 1.165) is 44.4 Å². The predicted octanol–water partition coefficient (Wildman–Crippen LogP) is 0.729. The van der Waals surface area contributed by atoms with Gasteiger partial charge < -0.3 is 15.5 Å². The Hall–Kier alpha value is -0.870. The van der Waals surface area contributed by atoms with Crippen LogP contribution in [-0.2, 0) is 13.6 Å². The number of halogens is 1. The van der Waals surface area contributed by atoms with Crippen LogP contribution >= 0.6 is 24.0 Å².